The van der Waals surface area contributed by atoms with Gasteiger partial charge in [-0.05, 0) is 25.8 Å². The van der Waals surface area contributed by atoms with Gasteiger partial charge in [0, 0.05) is 18.7 Å². The maximum absolute atomic E-state index is 4.69. The van der Waals surface area contributed by atoms with Crippen LogP contribution in [0.3, 0.4) is 0 Å². The first kappa shape index (κ1) is 11.5. The van der Waals surface area contributed by atoms with Crippen molar-refractivity contribution in [3.8, 4) is 0 Å². The van der Waals surface area contributed by atoms with E-state index in [-0.39, 0.29) is 0 Å². The molecule has 0 aliphatic heterocycles. The van der Waals surface area contributed by atoms with Crippen molar-refractivity contribution in [3.63, 3.8) is 0 Å². The Bertz CT molecular complexity index is 540. The van der Waals surface area contributed by atoms with Gasteiger partial charge in [-0.1, -0.05) is 19.3 Å². The zero-order chi connectivity index (χ0) is 12.5. The SMILES string of the molecule is CC(C)Nc1nc(CC2CCC2)nc2[nH]ccc12. The molecule has 2 aromatic heterocycles. The first-order valence-corrected chi connectivity index (χ1v) is 6.83. The van der Waals surface area contributed by atoms with E-state index in [0.717, 1.165) is 35.0 Å². The largest absolute Gasteiger partial charge is 0.367 e. The number of rotatable bonds is 4. The van der Waals surface area contributed by atoms with Gasteiger partial charge in [0.2, 0.25) is 0 Å². The summed E-state index contributed by atoms with van der Waals surface area (Å²) < 4.78 is 0. The summed E-state index contributed by atoms with van der Waals surface area (Å²) in [5.74, 6) is 2.73. The molecule has 1 fully saturated rings. The molecule has 2 heterocycles. The molecule has 1 aliphatic rings. The number of anilines is 1. The molecule has 0 spiro atoms. The highest BCUT2D eigenvalue weighted by atomic mass is 15.1. The van der Waals surface area contributed by atoms with E-state index in [9.17, 15) is 0 Å². The van der Waals surface area contributed by atoms with Crippen LogP contribution in [0.1, 0.15) is 38.9 Å². The average Bonchev–Trinajstić information content (AvgIpc) is 2.71. The van der Waals surface area contributed by atoms with Gasteiger partial charge < -0.3 is 10.3 Å². The Balaban J connectivity index is 1.93. The predicted octanol–water partition coefficient (Wildman–Crippen LogP) is 3.12. The summed E-state index contributed by atoms with van der Waals surface area (Å²) in [5, 5.41) is 4.50. The molecule has 0 radical (unpaired) electrons. The number of fused-ring (bicyclic) bond motifs is 1. The summed E-state index contributed by atoms with van der Waals surface area (Å²) in [4.78, 5) is 12.5. The fourth-order valence-electron chi connectivity index (χ4n) is 2.42. The number of aromatic nitrogens is 3. The van der Waals surface area contributed by atoms with E-state index < -0.39 is 0 Å². The van der Waals surface area contributed by atoms with Crippen LogP contribution in [-0.2, 0) is 6.42 Å². The third-order valence-corrected chi connectivity index (χ3v) is 3.58. The lowest BCUT2D eigenvalue weighted by atomic mass is 9.83. The minimum atomic E-state index is 0.384. The Morgan fingerprint density at radius 2 is 2.22 bits per heavy atom. The van der Waals surface area contributed by atoms with E-state index in [4.69, 9.17) is 4.98 Å². The molecular formula is C14H20N4. The van der Waals surface area contributed by atoms with Crippen LogP contribution in [0.25, 0.3) is 11.0 Å². The smallest absolute Gasteiger partial charge is 0.143 e. The minimum absolute atomic E-state index is 0.384. The molecule has 0 unspecified atom stereocenters. The quantitative estimate of drug-likeness (QED) is 0.868. The van der Waals surface area contributed by atoms with Gasteiger partial charge in [-0.3, -0.25) is 0 Å². The van der Waals surface area contributed by atoms with Crippen LogP contribution in [0.2, 0.25) is 0 Å². The Labute approximate surface area is 107 Å². The second-order valence-electron chi connectivity index (χ2n) is 5.53. The third-order valence-electron chi connectivity index (χ3n) is 3.58. The number of hydrogen-bond acceptors (Lipinski definition) is 3. The molecule has 96 valence electrons. The van der Waals surface area contributed by atoms with E-state index in [0.29, 0.717) is 6.04 Å². The van der Waals surface area contributed by atoms with Crippen LogP contribution in [0.5, 0.6) is 0 Å². The monoisotopic (exact) mass is 244 g/mol. The fraction of sp³-hybridized carbons (Fsp3) is 0.571. The average molecular weight is 244 g/mol. The van der Waals surface area contributed by atoms with Crippen molar-refractivity contribution >= 4 is 16.9 Å². The van der Waals surface area contributed by atoms with Crippen molar-refractivity contribution in [2.75, 3.05) is 5.32 Å². The maximum atomic E-state index is 4.69. The zero-order valence-corrected chi connectivity index (χ0v) is 11.0. The molecule has 2 aromatic rings. The molecule has 2 N–H and O–H groups in total. The number of H-pyrrole nitrogens is 1. The molecule has 18 heavy (non-hydrogen) atoms. The molecule has 0 atom stereocenters. The number of nitrogens with zero attached hydrogens (tertiary/aromatic N) is 2. The lowest BCUT2D eigenvalue weighted by Crippen LogP contribution is -2.17. The molecule has 4 nitrogen and oxygen atoms in total. The van der Waals surface area contributed by atoms with Gasteiger partial charge in [-0.15, -0.1) is 0 Å². The predicted molar refractivity (Wildman–Crippen MR) is 73.7 cm³/mol. The second kappa shape index (κ2) is 4.59. The van der Waals surface area contributed by atoms with E-state index in [1.807, 2.05) is 12.3 Å². The van der Waals surface area contributed by atoms with Gasteiger partial charge in [-0.25, -0.2) is 9.97 Å². The van der Waals surface area contributed by atoms with Gasteiger partial charge in [0.1, 0.15) is 17.3 Å². The second-order valence-corrected chi connectivity index (χ2v) is 5.53. The summed E-state index contributed by atoms with van der Waals surface area (Å²) in [5.41, 5.74) is 0.947. The zero-order valence-electron chi connectivity index (χ0n) is 11.0. The summed E-state index contributed by atoms with van der Waals surface area (Å²) in [6, 6.07) is 2.42. The van der Waals surface area contributed by atoms with Crippen molar-refractivity contribution in [2.24, 2.45) is 5.92 Å². The van der Waals surface area contributed by atoms with Crippen molar-refractivity contribution in [3.05, 3.63) is 18.1 Å². The van der Waals surface area contributed by atoms with E-state index in [1.165, 1.54) is 19.3 Å². The van der Waals surface area contributed by atoms with Crippen molar-refractivity contribution in [2.45, 2.75) is 45.6 Å². The summed E-state index contributed by atoms with van der Waals surface area (Å²) >= 11 is 0. The molecule has 0 amide bonds. The topological polar surface area (TPSA) is 53.6 Å². The lowest BCUT2D eigenvalue weighted by Gasteiger charge is -2.24. The number of nitrogens with one attached hydrogen (secondary N) is 2. The summed E-state index contributed by atoms with van der Waals surface area (Å²) in [7, 11) is 0. The first-order chi connectivity index (χ1) is 8.72. The summed E-state index contributed by atoms with van der Waals surface area (Å²) in [6.45, 7) is 4.26. The maximum Gasteiger partial charge on any atom is 0.143 e. The van der Waals surface area contributed by atoms with Gasteiger partial charge in [0.25, 0.3) is 0 Å². The summed E-state index contributed by atoms with van der Waals surface area (Å²) in [6.07, 6.45) is 6.98. The van der Waals surface area contributed by atoms with Crippen LogP contribution in [0.15, 0.2) is 12.3 Å². The molecule has 0 saturated heterocycles. The van der Waals surface area contributed by atoms with Crippen molar-refractivity contribution in [1.82, 2.24) is 15.0 Å². The minimum Gasteiger partial charge on any atom is -0.367 e. The molecular weight excluding hydrogens is 224 g/mol. The fourth-order valence-corrected chi connectivity index (χ4v) is 2.42. The Hall–Kier alpha value is -1.58. The molecule has 3 rings (SSSR count). The number of aromatic amines is 1. The van der Waals surface area contributed by atoms with Crippen molar-refractivity contribution < 1.29 is 0 Å². The third kappa shape index (κ3) is 2.19. The molecule has 1 aliphatic carbocycles. The van der Waals surface area contributed by atoms with Crippen LogP contribution in [-0.4, -0.2) is 21.0 Å². The molecule has 0 bridgehead atoms. The van der Waals surface area contributed by atoms with Gasteiger partial charge in [0.15, 0.2) is 0 Å². The van der Waals surface area contributed by atoms with Gasteiger partial charge >= 0.3 is 0 Å². The van der Waals surface area contributed by atoms with Crippen molar-refractivity contribution in [1.29, 1.82) is 0 Å². The first-order valence-electron chi connectivity index (χ1n) is 6.83. The van der Waals surface area contributed by atoms with Crippen LogP contribution >= 0.6 is 0 Å². The molecule has 4 heteroatoms. The van der Waals surface area contributed by atoms with Gasteiger partial charge in [-0.2, -0.15) is 0 Å². The highest BCUT2D eigenvalue weighted by Gasteiger charge is 2.20. The van der Waals surface area contributed by atoms with E-state index in [2.05, 4.69) is 29.1 Å². The Morgan fingerprint density at radius 3 is 2.89 bits per heavy atom. The van der Waals surface area contributed by atoms with Crippen LogP contribution in [0.4, 0.5) is 5.82 Å². The normalized spacial score (nSPS) is 16.2. The van der Waals surface area contributed by atoms with Crippen LogP contribution < -0.4 is 5.32 Å². The van der Waals surface area contributed by atoms with Crippen LogP contribution in [0, 0.1) is 5.92 Å². The Morgan fingerprint density at radius 1 is 1.39 bits per heavy atom. The highest BCUT2D eigenvalue weighted by Crippen LogP contribution is 2.30. The molecule has 0 aromatic carbocycles. The molecule has 1 saturated carbocycles. The highest BCUT2D eigenvalue weighted by molar-refractivity contribution is 5.87. The lowest BCUT2D eigenvalue weighted by molar-refractivity contribution is 0.309. The van der Waals surface area contributed by atoms with E-state index >= 15 is 0 Å². The van der Waals surface area contributed by atoms with E-state index in [1.54, 1.807) is 0 Å². The number of hydrogen-bond donors (Lipinski definition) is 2. The Kier molecular flexibility index (Phi) is 2.94. The van der Waals surface area contributed by atoms with Gasteiger partial charge in [0.05, 0.1) is 5.39 Å². The standard InChI is InChI=1S/C14H20N4/c1-9(2)16-14-11-6-7-15-13(11)17-12(18-14)8-10-4-3-5-10/h6-7,9-10H,3-5,8H2,1-2H3,(H2,15,16,17,18).